The van der Waals surface area contributed by atoms with Crippen molar-refractivity contribution < 1.29 is 29.7 Å². The molecule has 0 amide bonds. The van der Waals surface area contributed by atoms with E-state index in [0.29, 0.717) is 0 Å². The molecular formula is C9H4Cl2O6. The van der Waals surface area contributed by atoms with Crippen LogP contribution in [0.15, 0.2) is 6.07 Å². The predicted octanol–water partition coefficient (Wildman–Crippen LogP) is 2.09. The van der Waals surface area contributed by atoms with E-state index < -0.39 is 44.6 Å². The van der Waals surface area contributed by atoms with Crippen LogP contribution in [0.2, 0.25) is 10.0 Å². The Balaban J connectivity index is 3.78. The standard InChI is InChI=1S/C9H4Cl2O6/c10-3-1-2(7(12)13)6(11)5(9(16)17)4(3)8(14)15/h1H,(H,12,13)(H,14,15)(H,16,17). The molecule has 1 aromatic rings. The number of carboxylic acids is 3. The summed E-state index contributed by atoms with van der Waals surface area (Å²) in [7, 11) is 0. The van der Waals surface area contributed by atoms with E-state index >= 15 is 0 Å². The van der Waals surface area contributed by atoms with Crippen molar-refractivity contribution in [3.63, 3.8) is 0 Å². The fourth-order valence-corrected chi connectivity index (χ4v) is 1.79. The van der Waals surface area contributed by atoms with Gasteiger partial charge >= 0.3 is 17.9 Å². The lowest BCUT2D eigenvalue weighted by Crippen LogP contribution is -2.13. The van der Waals surface area contributed by atoms with Crippen molar-refractivity contribution >= 4 is 41.1 Å². The molecule has 0 bridgehead atoms. The van der Waals surface area contributed by atoms with Crippen molar-refractivity contribution in [3.8, 4) is 0 Å². The quantitative estimate of drug-likeness (QED) is 0.780. The van der Waals surface area contributed by atoms with Gasteiger partial charge in [-0.2, -0.15) is 0 Å². The van der Waals surface area contributed by atoms with Crippen LogP contribution in [0.1, 0.15) is 31.1 Å². The third-order valence-corrected chi connectivity index (χ3v) is 2.56. The van der Waals surface area contributed by atoms with Crippen LogP contribution in [0.5, 0.6) is 0 Å². The minimum atomic E-state index is -1.67. The molecule has 3 N–H and O–H groups in total. The summed E-state index contributed by atoms with van der Waals surface area (Å²) in [4.78, 5) is 32.4. The van der Waals surface area contributed by atoms with Crippen LogP contribution in [0, 0.1) is 0 Å². The zero-order chi connectivity index (χ0) is 13.3. The summed E-state index contributed by atoms with van der Waals surface area (Å²) in [6.45, 7) is 0. The van der Waals surface area contributed by atoms with Gasteiger partial charge in [0.2, 0.25) is 0 Å². The number of rotatable bonds is 3. The van der Waals surface area contributed by atoms with E-state index in [1.165, 1.54) is 0 Å². The maximum Gasteiger partial charge on any atom is 0.338 e. The van der Waals surface area contributed by atoms with Crippen LogP contribution in [-0.4, -0.2) is 33.2 Å². The fourth-order valence-electron chi connectivity index (χ4n) is 1.19. The average Bonchev–Trinajstić information content (AvgIpc) is 2.18. The molecule has 17 heavy (non-hydrogen) atoms. The summed E-state index contributed by atoms with van der Waals surface area (Å²) in [6.07, 6.45) is 0. The van der Waals surface area contributed by atoms with Gasteiger partial charge in [-0.3, -0.25) is 0 Å². The van der Waals surface area contributed by atoms with Crippen LogP contribution >= 0.6 is 23.2 Å². The second-order valence-corrected chi connectivity index (χ2v) is 3.67. The molecule has 0 aliphatic rings. The van der Waals surface area contributed by atoms with Gasteiger partial charge in [0, 0.05) is 0 Å². The first-order chi connectivity index (χ1) is 7.77. The van der Waals surface area contributed by atoms with Crippen molar-refractivity contribution in [2.75, 3.05) is 0 Å². The Morgan fingerprint density at radius 3 is 1.71 bits per heavy atom. The lowest BCUT2D eigenvalue weighted by atomic mass is 10.0. The van der Waals surface area contributed by atoms with Gasteiger partial charge in [0.15, 0.2) is 0 Å². The molecule has 0 atom stereocenters. The molecule has 0 saturated heterocycles. The van der Waals surface area contributed by atoms with E-state index in [1.807, 2.05) is 0 Å². The Labute approximate surface area is 104 Å². The lowest BCUT2D eigenvalue weighted by molar-refractivity contribution is 0.0649. The van der Waals surface area contributed by atoms with Gasteiger partial charge in [-0.1, -0.05) is 23.2 Å². The van der Waals surface area contributed by atoms with Gasteiger partial charge in [-0.25, -0.2) is 14.4 Å². The van der Waals surface area contributed by atoms with Crippen LogP contribution in [-0.2, 0) is 0 Å². The summed E-state index contributed by atoms with van der Waals surface area (Å²) in [5.41, 5.74) is -2.16. The molecular weight excluding hydrogens is 275 g/mol. The SMILES string of the molecule is O=C(O)c1cc(Cl)c(C(=O)O)c(C(=O)O)c1Cl. The topological polar surface area (TPSA) is 112 Å². The summed E-state index contributed by atoms with van der Waals surface area (Å²) in [5, 5.41) is 25.2. The molecule has 0 saturated carbocycles. The molecule has 0 aliphatic heterocycles. The van der Waals surface area contributed by atoms with Gasteiger partial charge in [-0.15, -0.1) is 0 Å². The summed E-state index contributed by atoms with van der Waals surface area (Å²) < 4.78 is 0. The number of hydrogen-bond donors (Lipinski definition) is 3. The third kappa shape index (κ3) is 2.32. The van der Waals surface area contributed by atoms with Crippen molar-refractivity contribution in [2.45, 2.75) is 0 Å². The number of aromatic carboxylic acids is 3. The molecule has 0 unspecified atom stereocenters. The number of hydrogen-bond acceptors (Lipinski definition) is 3. The normalized spacial score (nSPS) is 10.0. The van der Waals surface area contributed by atoms with E-state index in [2.05, 4.69) is 0 Å². The molecule has 90 valence electrons. The molecule has 0 radical (unpaired) electrons. The highest BCUT2D eigenvalue weighted by molar-refractivity contribution is 6.40. The largest absolute Gasteiger partial charge is 0.478 e. The van der Waals surface area contributed by atoms with E-state index in [-0.39, 0.29) is 0 Å². The Hall–Kier alpha value is -1.79. The molecule has 1 aromatic carbocycles. The van der Waals surface area contributed by atoms with Crippen molar-refractivity contribution in [3.05, 3.63) is 32.8 Å². The maximum absolute atomic E-state index is 10.9. The van der Waals surface area contributed by atoms with Crippen LogP contribution in [0.4, 0.5) is 0 Å². The van der Waals surface area contributed by atoms with Crippen molar-refractivity contribution in [1.82, 2.24) is 0 Å². The first-order valence-electron chi connectivity index (χ1n) is 3.99. The van der Waals surface area contributed by atoms with E-state index in [0.717, 1.165) is 6.07 Å². The highest BCUT2D eigenvalue weighted by Crippen LogP contribution is 2.31. The average molecular weight is 279 g/mol. The minimum Gasteiger partial charge on any atom is -0.478 e. The van der Waals surface area contributed by atoms with Gasteiger partial charge in [0.1, 0.15) is 0 Å². The van der Waals surface area contributed by atoms with Gasteiger partial charge in [0.25, 0.3) is 0 Å². The number of halogens is 2. The molecule has 0 aromatic heterocycles. The van der Waals surface area contributed by atoms with Crippen molar-refractivity contribution in [2.24, 2.45) is 0 Å². The fraction of sp³-hybridized carbons (Fsp3) is 0. The Morgan fingerprint density at radius 1 is 0.882 bits per heavy atom. The second kappa shape index (κ2) is 4.60. The molecule has 0 fully saturated rings. The van der Waals surface area contributed by atoms with Crippen LogP contribution < -0.4 is 0 Å². The molecule has 6 nitrogen and oxygen atoms in total. The summed E-state index contributed by atoms with van der Waals surface area (Å²) >= 11 is 11.1. The molecule has 0 aliphatic carbocycles. The van der Waals surface area contributed by atoms with E-state index in [9.17, 15) is 14.4 Å². The second-order valence-electron chi connectivity index (χ2n) is 2.89. The minimum absolute atomic E-state index is 0.503. The molecule has 0 heterocycles. The first-order valence-corrected chi connectivity index (χ1v) is 4.74. The molecule has 1 rings (SSSR count). The Morgan fingerprint density at radius 2 is 1.35 bits per heavy atom. The van der Waals surface area contributed by atoms with Crippen LogP contribution in [0.25, 0.3) is 0 Å². The number of benzene rings is 1. The predicted molar refractivity (Wildman–Crippen MR) is 57.3 cm³/mol. The lowest BCUT2D eigenvalue weighted by Gasteiger charge is -2.08. The molecule has 0 spiro atoms. The van der Waals surface area contributed by atoms with Crippen LogP contribution in [0.3, 0.4) is 0 Å². The zero-order valence-corrected chi connectivity index (χ0v) is 9.41. The third-order valence-electron chi connectivity index (χ3n) is 1.87. The highest BCUT2D eigenvalue weighted by Gasteiger charge is 2.27. The number of carbonyl (C=O) groups is 3. The highest BCUT2D eigenvalue weighted by atomic mass is 35.5. The van der Waals surface area contributed by atoms with Crippen molar-refractivity contribution in [1.29, 1.82) is 0 Å². The van der Waals surface area contributed by atoms with Gasteiger partial charge < -0.3 is 15.3 Å². The van der Waals surface area contributed by atoms with Gasteiger partial charge in [0.05, 0.1) is 26.7 Å². The monoisotopic (exact) mass is 278 g/mol. The Bertz CT molecular complexity index is 537. The number of carboxylic acid groups (broad SMARTS) is 3. The summed E-state index contributed by atoms with van der Waals surface area (Å²) in [6, 6.07) is 0.794. The Kier molecular flexibility index (Phi) is 3.59. The van der Waals surface area contributed by atoms with E-state index in [4.69, 9.17) is 38.5 Å². The maximum atomic E-state index is 10.9. The summed E-state index contributed by atoms with van der Waals surface area (Å²) in [5.74, 6) is -4.78. The van der Waals surface area contributed by atoms with E-state index in [1.54, 1.807) is 0 Å². The zero-order valence-electron chi connectivity index (χ0n) is 7.90. The smallest absolute Gasteiger partial charge is 0.338 e. The molecule has 8 heteroatoms. The first kappa shape index (κ1) is 13.3. The van der Waals surface area contributed by atoms with Gasteiger partial charge in [-0.05, 0) is 6.07 Å².